The Bertz CT molecular complexity index is 1190. The van der Waals surface area contributed by atoms with Crippen LogP contribution in [0.15, 0.2) is 54.6 Å². The molecular weight excluding hydrogens is 462 g/mol. The number of Topliss-reactive ketones (excluding diaryl/α,β-unsaturated/α-hetero) is 3. The number of methoxy groups -OCH3 is 1. The number of carbonyl (C=O) groups excluding carboxylic acids is 3. The zero-order valence-corrected chi connectivity index (χ0v) is 19.6. The fourth-order valence-electron chi connectivity index (χ4n) is 2.63. The smallest absolute Gasteiger partial charge is 0.169 e. The summed E-state index contributed by atoms with van der Waals surface area (Å²) in [6, 6.07) is 11.9. The van der Waals surface area contributed by atoms with Gasteiger partial charge in [0.15, 0.2) is 28.9 Å². The van der Waals surface area contributed by atoms with Crippen molar-refractivity contribution in [3.8, 4) is 23.0 Å². The van der Waals surface area contributed by atoms with Crippen molar-refractivity contribution in [1.82, 2.24) is 0 Å². The monoisotopic (exact) mass is 488 g/mol. The fourth-order valence-corrected chi connectivity index (χ4v) is 2.63. The minimum atomic E-state index is -0.766. The van der Waals surface area contributed by atoms with E-state index in [1.165, 1.54) is 51.3 Å². The molecule has 0 spiro atoms. The summed E-state index contributed by atoms with van der Waals surface area (Å²) in [5, 5.41) is 27.2. The Kier molecular flexibility index (Phi) is 11.0. The number of aromatic hydroxyl groups is 3. The maximum Gasteiger partial charge on any atom is 0.169 e. The molecule has 0 aliphatic carbocycles. The van der Waals surface area contributed by atoms with Gasteiger partial charge in [-0.05, 0) is 56.3 Å². The van der Waals surface area contributed by atoms with Crippen LogP contribution in [0, 0.1) is 11.6 Å². The van der Waals surface area contributed by atoms with Gasteiger partial charge in [0.25, 0.3) is 0 Å². The van der Waals surface area contributed by atoms with Gasteiger partial charge in [-0.1, -0.05) is 13.0 Å². The van der Waals surface area contributed by atoms with Crippen LogP contribution < -0.4 is 4.74 Å². The lowest BCUT2D eigenvalue weighted by atomic mass is 10.1. The molecule has 0 saturated carbocycles. The van der Waals surface area contributed by atoms with Gasteiger partial charge in [-0.15, -0.1) is 0 Å². The van der Waals surface area contributed by atoms with Crippen LogP contribution in [0.2, 0.25) is 0 Å². The van der Waals surface area contributed by atoms with E-state index in [0.717, 1.165) is 18.2 Å². The number of benzene rings is 3. The molecule has 186 valence electrons. The minimum Gasteiger partial charge on any atom is -0.507 e. The topological polar surface area (TPSA) is 121 Å². The first-order valence-corrected chi connectivity index (χ1v) is 10.3. The molecule has 0 bridgehead atoms. The summed E-state index contributed by atoms with van der Waals surface area (Å²) in [7, 11) is 1.50. The number of halogens is 2. The van der Waals surface area contributed by atoms with E-state index < -0.39 is 17.4 Å². The van der Waals surface area contributed by atoms with Crippen molar-refractivity contribution in [3.63, 3.8) is 0 Å². The minimum absolute atomic E-state index is 0.0400. The van der Waals surface area contributed by atoms with Crippen molar-refractivity contribution < 1.29 is 43.2 Å². The average molecular weight is 488 g/mol. The normalized spacial score (nSPS) is 9.66. The molecule has 3 aromatic carbocycles. The third kappa shape index (κ3) is 8.54. The lowest BCUT2D eigenvalue weighted by Gasteiger charge is -2.02. The van der Waals surface area contributed by atoms with Gasteiger partial charge in [-0.25, -0.2) is 8.78 Å². The Hall–Kier alpha value is -4.27. The molecule has 7 nitrogen and oxygen atoms in total. The summed E-state index contributed by atoms with van der Waals surface area (Å²) in [5.41, 5.74) is 0.371. The molecule has 0 unspecified atom stereocenters. The summed E-state index contributed by atoms with van der Waals surface area (Å²) >= 11 is 0. The molecule has 0 atom stereocenters. The first-order chi connectivity index (χ1) is 16.4. The fraction of sp³-hybridized carbons (Fsp3) is 0.192. The lowest BCUT2D eigenvalue weighted by Crippen LogP contribution is -2.00. The number of hydrogen-bond donors (Lipinski definition) is 3. The van der Waals surface area contributed by atoms with Crippen LogP contribution in [-0.2, 0) is 0 Å². The molecule has 0 fully saturated rings. The highest BCUT2D eigenvalue weighted by Gasteiger charge is 2.13. The van der Waals surface area contributed by atoms with Crippen LogP contribution in [-0.4, -0.2) is 39.8 Å². The van der Waals surface area contributed by atoms with Gasteiger partial charge in [0.05, 0.1) is 18.2 Å². The van der Waals surface area contributed by atoms with Gasteiger partial charge in [0, 0.05) is 18.1 Å². The van der Waals surface area contributed by atoms with Crippen LogP contribution in [0.1, 0.15) is 58.3 Å². The highest BCUT2D eigenvalue weighted by atomic mass is 19.1. The van der Waals surface area contributed by atoms with E-state index in [4.69, 9.17) is 14.9 Å². The number of rotatable bonds is 5. The van der Waals surface area contributed by atoms with Gasteiger partial charge in [-0.3, -0.25) is 14.4 Å². The molecule has 9 heteroatoms. The van der Waals surface area contributed by atoms with Crippen molar-refractivity contribution in [2.24, 2.45) is 0 Å². The van der Waals surface area contributed by atoms with Crippen molar-refractivity contribution in [3.05, 3.63) is 82.9 Å². The zero-order chi connectivity index (χ0) is 26.7. The third-order valence-corrected chi connectivity index (χ3v) is 4.53. The quantitative estimate of drug-likeness (QED) is 0.408. The van der Waals surface area contributed by atoms with Gasteiger partial charge >= 0.3 is 0 Å². The average Bonchev–Trinajstić information content (AvgIpc) is 2.81. The predicted molar refractivity (Wildman–Crippen MR) is 125 cm³/mol. The Morgan fingerprint density at radius 1 is 0.800 bits per heavy atom. The second-order valence-electron chi connectivity index (χ2n) is 7.07. The summed E-state index contributed by atoms with van der Waals surface area (Å²) in [6.07, 6.45) is 0.189. The second kappa shape index (κ2) is 13.4. The largest absolute Gasteiger partial charge is 0.507 e. The van der Waals surface area contributed by atoms with Crippen LogP contribution in [0.3, 0.4) is 0 Å². The van der Waals surface area contributed by atoms with Crippen LogP contribution in [0.25, 0.3) is 0 Å². The number of phenols is 3. The summed E-state index contributed by atoms with van der Waals surface area (Å²) in [5.74, 6) is -2.42. The van der Waals surface area contributed by atoms with Gasteiger partial charge in [0.2, 0.25) is 0 Å². The van der Waals surface area contributed by atoms with Crippen molar-refractivity contribution in [2.45, 2.75) is 27.2 Å². The molecular formula is C26H26F2O7. The van der Waals surface area contributed by atoms with E-state index in [1.807, 2.05) is 0 Å². The molecule has 0 aliphatic heterocycles. The molecule has 0 aromatic heterocycles. The van der Waals surface area contributed by atoms with Gasteiger partial charge in [0.1, 0.15) is 23.1 Å². The molecule has 35 heavy (non-hydrogen) atoms. The van der Waals surface area contributed by atoms with Gasteiger partial charge in [-0.2, -0.15) is 0 Å². The molecule has 0 amide bonds. The number of carbonyl (C=O) groups is 3. The zero-order valence-electron chi connectivity index (χ0n) is 19.6. The van der Waals surface area contributed by atoms with E-state index in [0.29, 0.717) is 11.3 Å². The number of phenolic OH excluding ortho intramolecular Hbond substituents is 3. The predicted octanol–water partition coefficient (Wildman–Crippen LogP) is 5.46. The van der Waals surface area contributed by atoms with Crippen LogP contribution >= 0.6 is 0 Å². The molecule has 0 saturated heterocycles. The number of hydrogen-bond acceptors (Lipinski definition) is 7. The maximum absolute atomic E-state index is 12.9. The van der Waals surface area contributed by atoms with Crippen molar-refractivity contribution >= 4 is 17.3 Å². The SMILES string of the molecule is CC(=O)c1ccc(O)c(F)c1.CCC(=O)c1c(O)cccc1F.COc1ccc(C(C)=O)c(O)c1. The highest BCUT2D eigenvalue weighted by molar-refractivity contribution is 5.98. The summed E-state index contributed by atoms with van der Waals surface area (Å²) in [4.78, 5) is 32.6. The van der Waals surface area contributed by atoms with E-state index in [1.54, 1.807) is 13.0 Å². The van der Waals surface area contributed by atoms with E-state index in [2.05, 4.69) is 0 Å². The van der Waals surface area contributed by atoms with E-state index >= 15 is 0 Å². The first kappa shape index (κ1) is 28.8. The van der Waals surface area contributed by atoms with E-state index in [9.17, 15) is 28.3 Å². The molecule has 0 radical (unpaired) electrons. The molecule has 0 aliphatic rings. The molecule has 3 rings (SSSR count). The Labute approximate surface area is 201 Å². The van der Waals surface area contributed by atoms with Crippen molar-refractivity contribution in [1.29, 1.82) is 0 Å². The second-order valence-corrected chi connectivity index (χ2v) is 7.07. The van der Waals surface area contributed by atoms with Crippen molar-refractivity contribution in [2.75, 3.05) is 7.11 Å². The molecule has 3 aromatic rings. The highest BCUT2D eigenvalue weighted by Crippen LogP contribution is 2.23. The Morgan fingerprint density at radius 2 is 1.46 bits per heavy atom. The maximum atomic E-state index is 12.9. The summed E-state index contributed by atoms with van der Waals surface area (Å²) in [6.45, 7) is 4.36. The molecule has 0 heterocycles. The number of ether oxygens (including phenoxy) is 1. The standard InChI is InChI=1S/C9H9FO2.C9H10O3.C8H7FO2/c1-2-7(11)9-6(10)4-3-5-8(9)12;1-6(10)8-4-3-7(12-2)5-9(8)11;1-5(10)6-2-3-8(11)7(9)4-6/h3-5,12H,2H2,1H3;3-5,11H,1-2H3;2-4,11H,1H3. The van der Waals surface area contributed by atoms with Crippen LogP contribution in [0.5, 0.6) is 23.0 Å². The first-order valence-electron chi connectivity index (χ1n) is 10.3. The number of ketones is 3. The lowest BCUT2D eigenvalue weighted by molar-refractivity contribution is 0.0978. The van der Waals surface area contributed by atoms with E-state index in [-0.39, 0.29) is 46.4 Å². The molecule has 3 N–H and O–H groups in total. The summed E-state index contributed by atoms with van der Waals surface area (Å²) < 4.78 is 30.3. The van der Waals surface area contributed by atoms with Gasteiger partial charge < -0.3 is 20.1 Å². The Morgan fingerprint density at radius 3 is 1.91 bits per heavy atom. The van der Waals surface area contributed by atoms with Crippen LogP contribution in [0.4, 0.5) is 8.78 Å². The Balaban J connectivity index is 0.000000263. The third-order valence-electron chi connectivity index (χ3n) is 4.53.